The Hall–Kier alpha value is -2.05. The number of anilines is 2. The average molecular weight is 426 g/mol. The van der Waals surface area contributed by atoms with E-state index in [1.165, 1.54) is 0 Å². The van der Waals surface area contributed by atoms with Crippen molar-refractivity contribution in [2.24, 2.45) is 0 Å². The van der Waals surface area contributed by atoms with E-state index in [0.717, 1.165) is 55.1 Å². The van der Waals surface area contributed by atoms with Crippen LogP contribution >= 0.6 is 24.8 Å². The minimum Gasteiger partial charge on any atom is -0.399 e. The fourth-order valence-corrected chi connectivity index (χ4v) is 3.31. The van der Waals surface area contributed by atoms with Crippen molar-refractivity contribution in [2.75, 3.05) is 23.7 Å². The number of amides is 1. The molecule has 1 aliphatic rings. The molecule has 1 aromatic heterocycles. The van der Waals surface area contributed by atoms with E-state index in [2.05, 4.69) is 33.2 Å². The maximum absolute atomic E-state index is 12.2. The molecule has 1 aromatic carbocycles. The van der Waals surface area contributed by atoms with E-state index in [4.69, 9.17) is 5.73 Å². The number of nitrogen functional groups attached to an aromatic ring is 1. The van der Waals surface area contributed by atoms with Gasteiger partial charge in [0.1, 0.15) is 12.1 Å². The normalized spacial score (nSPS) is 14.0. The molecule has 0 atom stereocenters. The Kier molecular flexibility index (Phi) is 10.0. The molecule has 0 unspecified atom stereocenters. The van der Waals surface area contributed by atoms with Crippen molar-refractivity contribution in [3.05, 3.63) is 47.9 Å². The van der Waals surface area contributed by atoms with E-state index >= 15 is 0 Å². The van der Waals surface area contributed by atoms with Gasteiger partial charge in [0.2, 0.25) is 5.91 Å². The molecule has 0 bridgehead atoms. The Morgan fingerprint density at radius 2 is 1.93 bits per heavy atom. The second-order valence-corrected chi connectivity index (χ2v) is 6.75. The number of hydrogen-bond donors (Lipinski definition) is 2. The predicted molar refractivity (Wildman–Crippen MR) is 118 cm³/mol. The quantitative estimate of drug-likeness (QED) is 0.694. The van der Waals surface area contributed by atoms with Gasteiger partial charge in [-0.3, -0.25) is 4.79 Å². The molecule has 0 saturated carbocycles. The van der Waals surface area contributed by atoms with Gasteiger partial charge in [-0.05, 0) is 37.3 Å². The highest BCUT2D eigenvalue weighted by atomic mass is 35.5. The molecule has 28 heavy (non-hydrogen) atoms. The summed E-state index contributed by atoms with van der Waals surface area (Å²) < 4.78 is 0. The van der Waals surface area contributed by atoms with Crippen LogP contribution in [-0.4, -0.2) is 35.0 Å². The summed E-state index contributed by atoms with van der Waals surface area (Å²) in [5.74, 6) is 1.09. The molecule has 3 rings (SSSR count). The first-order valence-electron chi connectivity index (χ1n) is 9.34. The Balaban J connectivity index is 0.00000196. The van der Waals surface area contributed by atoms with Crippen molar-refractivity contribution in [1.29, 1.82) is 0 Å². The van der Waals surface area contributed by atoms with Crippen LogP contribution in [0.4, 0.5) is 11.5 Å². The summed E-state index contributed by atoms with van der Waals surface area (Å²) in [6, 6.07) is 10.0. The number of piperidine rings is 1. The van der Waals surface area contributed by atoms with Crippen molar-refractivity contribution in [3.8, 4) is 0 Å². The minimum absolute atomic E-state index is 0. The Morgan fingerprint density at radius 3 is 2.61 bits per heavy atom. The molecule has 154 valence electrons. The highest BCUT2D eigenvalue weighted by Gasteiger charge is 2.21. The number of hydrogen-bond acceptors (Lipinski definition) is 5. The molecule has 3 N–H and O–H groups in total. The molecule has 6 nitrogen and oxygen atoms in total. The molecule has 1 amide bonds. The highest BCUT2D eigenvalue weighted by molar-refractivity contribution is 5.85. The van der Waals surface area contributed by atoms with E-state index in [9.17, 15) is 4.79 Å². The first-order valence-corrected chi connectivity index (χ1v) is 9.34. The van der Waals surface area contributed by atoms with Crippen LogP contribution < -0.4 is 16.0 Å². The fourth-order valence-electron chi connectivity index (χ4n) is 3.31. The van der Waals surface area contributed by atoms with Gasteiger partial charge in [-0.1, -0.05) is 25.1 Å². The largest absolute Gasteiger partial charge is 0.399 e. The predicted octanol–water partition coefficient (Wildman–Crippen LogP) is 3.18. The smallest absolute Gasteiger partial charge is 0.220 e. The van der Waals surface area contributed by atoms with E-state index < -0.39 is 0 Å². The van der Waals surface area contributed by atoms with E-state index in [0.29, 0.717) is 12.8 Å². The topological polar surface area (TPSA) is 84.1 Å². The van der Waals surface area contributed by atoms with Gasteiger partial charge in [0.15, 0.2) is 0 Å². The molecule has 1 aliphatic heterocycles. The molecule has 8 heteroatoms. The second kappa shape index (κ2) is 11.7. The van der Waals surface area contributed by atoms with Gasteiger partial charge in [-0.25, -0.2) is 9.97 Å². The number of nitrogens with zero attached hydrogens (tertiary/aromatic N) is 3. The summed E-state index contributed by atoms with van der Waals surface area (Å²) in [6.07, 6.45) is 5.57. The second-order valence-electron chi connectivity index (χ2n) is 6.75. The molecule has 0 aliphatic carbocycles. The molecule has 0 radical (unpaired) electrons. The summed E-state index contributed by atoms with van der Waals surface area (Å²) in [6.45, 7) is 3.89. The number of benzene rings is 1. The van der Waals surface area contributed by atoms with Gasteiger partial charge in [-0.2, -0.15) is 0 Å². The zero-order valence-electron chi connectivity index (χ0n) is 16.1. The summed E-state index contributed by atoms with van der Waals surface area (Å²) in [4.78, 5) is 23.2. The molecule has 2 heterocycles. The first-order chi connectivity index (χ1) is 12.7. The van der Waals surface area contributed by atoms with Crippen LogP contribution in [0.15, 0.2) is 36.7 Å². The summed E-state index contributed by atoms with van der Waals surface area (Å²) >= 11 is 0. The zero-order chi connectivity index (χ0) is 18.4. The maximum Gasteiger partial charge on any atom is 0.220 e. The number of halogens is 2. The number of para-hydroxylation sites is 1. The van der Waals surface area contributed by atoms with Crippen molar-refractivity contribution in [2.45, 2.75) is 45.1 Å². The lowest BCUT2D eigenvalue weighted by atomic mass is 10.0. The standard InChI is InChI=1S/C20H27N5O.2ClH/c1-2-16-13-19(23-14-22-16)25-11-9-17(10-12-25)24-20(26)8-7-15-5-3-4-6-18(15)21;;/h3-6,13-14,17H,2,7-12,21H2,1H3,(H,24,26);2*1H. The van der Waals surface area contributed by atoms with Gasteiger partial charge >= 0.3 is 0 Å². The number of nitrogens with one attached hydrogen (secondary N) is 1. The summed E-state index contributed by atoms with van der Waals surface area (Å²) in [5.41, 5.74) is 8.79. The van der Waals surface area contributed by atoms with Gasteiger partial charge < -0.3 is 16.0 Å². The Morgan fingerprint density at radius 1 is 1.21 bits per heavy atom. The molecule has 0 spiro atoms. The third-order valence-electron chi connectivity index (χ3n) is 4.93. The van der Waals surface area contributed by atoms with Crippen LogP contribution in [0.5, 0.6) is 0 Å². The molecule has 1 fully saturated rings. The lowest BCUT2D eigenvalue weighted by Gasteiger charge is -2.33. The molecule has 1 saturated heterocycles. The maximum atomic E-state index is 12.2. The number of carbonyl (C=O) groups excluding carboxylic acids is 1. The lowest BCUT2D eigenvalue weighted by molar-refractivity contribution is -0.121. The van der Waals surface area contributed by atoms with E-state index in [-0.39, 0.29) is 36.8 Å². The summed E-state index contributed by atoms with van der Waals surface area (Å²) in [7, 11) is 0. The van der Waals surface area contributed by atoms with Crippen molar-refractivity contribution in [3.63, 3.8) is 0 Å². The Labute approximate surface area is 179 Å². The van der Waals surface area contributed by atoms with E-state index in [1.54, 1.807) is 6.33 Å². The van der Waals surface area contributed by atoms with Crippen LogP contribution in [0.1, 0.15) is 37.4 Å². The van der Waals surface area contributed by atoms with E-state index in [1.807, 2.05) is 24.3 Å². The van der Waals surface area contributed by atoms with Crippen molar-refractivity contribution >= 4 is 42.2 Å². The third-order valence-corrected chi connectivity index (χ3v) is 4.93. The molecule has 2 aromatic rings. The van der Waals surface area contributed by atoms with Crippen LogP contribution in [-0.2, 0) is 17.6 Å². The number of nitrogens with two attached hydrogens (primary N) is 1. The molecular weight excluding hydrogens is 397 g/mol. The third kappa shape index (κ3) is 6.53. The van der Waals surface area contributed by atoms with Gasteiger partial charge in [0, 0.05) is 43.0 Å². The van der Waals surface area contributed by atoms with Gasteiger partial charge in [0.05, 0.1) is 0 Å². The number of rotatable bonds is 6. The van der Waals surface area contributed by atoms with Crippen LogP contribution in [0.25, 0.3) is 0 Å². The van der Waals surface area contributed by atoms with Gasteiger partial charge in [0.25, 0.3) is 0 Å². The number of aryl methyl sites for hydroxylation is 2. The van der Waals surface area contributed by atoms with Crippen molar-refractivity contribution < 1.29 is 4.79 Å². The van der Waals surface area contributed by atoms with Crippen LogP contribution in [0, 0.1) is 0 Å². The van der Waals surface area contributed by atoms with Crippen LogP contribution in [0.2, 0.25) is 0 Å². The number of carbonyl (C=O) groups is 1. The minimum atomic E-state index is 0. The number of aromatic nitrogens is 2. The SMILES string of the molecule is CCc1cc(N2CCC(NC(=O)CCc3ccccc3N)CC2)ncn1.Cl.Cl. The fraction of sp³-hybridized carbons (Fsp3) is 0.450. The lowest BCUT2D eigenvalue weighted by Crippen LogP contribution is -2.45. The van der Waals surface area contributed by atoms with Crippen molar-refractivity contribution in [1.82, 2.24) is 15.3 Å². The summed E-state index contributed by atoms with van der Waals surface area (Å²) in [5, 5.41) is 3.16. The monoisotopic (exact) mass is 425 g/mol. The highest BCUT2D eigenvalue weighted by Crippen LogP contribution is 2.19. The zero-order valence-corrected chi connectivity index (χ0v) is 17.8. The first kappa shape index (κ1) is 24.0. The van der Waals surface area contributed by atoms with Gasteiger partial charge in [-0.15, -0.1) is 24.8 Å². The molecular formula is C20H29Cl2N5O. The van der Waals surface area contributed by atoms with Crippen LogP contribution in [0.3, 0.4) is 0 Å². The Bertz CT molecular complexity index is 751. The average Bonchev–Trinajstić information content (AvgIpc) is 2.68.